The Labute approximate surface area is 159 Å². The van der Waals surface area contributed by atoms with Gasteiger partial charge in [-0.25, -0.2) is 0 Å². The molecule has 1 atom stereocenters. The van der Waals surface area contributed by atoms with Gasteiger partial charge in [-0.1, -0.05) is 97.1 Å². The summed E-state index contributed by atoms with van der Waals surface area (Å²) in [5, 5.41) is 10.9. The number of fused-ring (bicyclic) bond motifs is 3. The van der Waals surface area contributed by atoms with Crippen LogP contribution in [0.2, 0.25) is 0 Å². The molecule has 0 aliphatic heterocycles. The summed E-state index contributed by atoms with van der Waals surface area (Å²) in [4.78, 5) is 0. The third kappa shape index (κ3) is 2.87. The Kier molecular flexibility index (Phi) is 3.88. The van der Waals surface area contributed by atoms with Crippen LogP contribution in [0.4, 0.5) is 0 Å². The van der Waals surface area contributed by atoms with Gasteiger partial charge in [0, 0.05) is 0 Å². The Hall–Kier alpha value is -3.16. The first-order chi connectivity index (χ1) is 13.3. The monoisotopic (exact) mass is 348 g/mol. The summed E-state index contributed by atoms with van der Waals surface area (Å²) in [5.74, 6) is 0. The molecule has 1 heteroatoms. The van der Waals surface area contributed by atoms with Gasteiger partial charge in [-0.3, -0.25) is 0 Å². The molecule has 0 spiro atoms. The molecule has 0 saturated heterocycles. The quantitative estimate of drug-likeness (QED) is 0.423. The Morgan fingerprint density at radius 2 is 1.19 bits per heavy atom. The summed E-state index contributed by atoms with van der Waals surface area (Å²) in [7, 11) is 0. The van der Waals surface area contributed by atoms with E-state index in [4.69, 9.17) is 0 Å². The van der Waals surface area contributed by atoms with Crippen molar-refractivity contribution in [1.29, 1.82) is 0 Å². The topological polar surface area (TPSA) is 20.2 Å². The van der Waals surface area contributed by atoms with Crippen LogP contribution in [0.15, 0.2) is 97.1 Å². The van der Waals surface area contributed by atoms with Gasteiger partial charge >= 0.3 is 0 Å². The molecule has 27 heavy (non-hydrogen) atoms. The van der Waals surface area contributed by atoms with Crippen LogP contribution < -0.4 is 0 Å². The highest BCUT2D eigenvalue weighted by atomic mass is 16.3. The summed E-state index contributed by atoms with van der Waals surface area (Å²) >= 11 is 0. The van der Waals surface area contributed by atoms with E-state index in [1.807, 2.05) is 30.3 Å². The molecule has 0 heterocycles. The molecule has 0 unspecified atom stereocenters. The fourth-order valence-corrected chi connectivity index (χ4v) is 4.02. The van der Waals surface area contributed by atoms with Gasteiger partial charge in [0.1, 0.15) is 6.10 Å². The average molecular weight is 348 g/mol. The van der Waals surface area contributed by atoms with Crippen LogP contribution >= 0.6 is 0 Å². The summed E-state index contributed by atoms with van der Waals surface area (Å²) in [6.45, 7) is 0. The predicted octanol–water partition coefficient (Wildman–Crippen LogP) is 6.01. The van der Waals surface area contributed by atoms with E-state index in [0.29, 0.717) is 0 Å². The Morgan fingerprint density at radius 3 is 2.00 bits per heavy atom. The first-order valence-electron chi connectivity index (χ1n) is 9.34. The smallest absolute Gasteiger partial charge is 0.104 e. The van der Waals surface area contributed by atoms with Gasteiger partial charge in [0.15, 0.2) is 0 Å². The number of aliphatic hydroxyl groups is 1. The fraction of sp³-hybridized carbons (Fsp3) is 0.0769. The molecule has 1 nitrogen and oxygen atoms in total. The molecule has 130 valence electrons. The molecule has 0 fully saturated rings. The number of hydrogen-bond donors (Lipinski definition) is 1. The molecule has 0 bridgehead atoms. The minimum Gasteiger partial charge on any atom is -0.384 e. The van der Waals surface area contributed by atoms with E-state index in [1.54, 1.807) is 0 Å². The molecule has 5 rings (SSSR count). The zero-order valence-electron chi connectivity index (χ0n) is 15.0. The van der Waals surface area contributed by atoms with E-state index < -0.39 is 6.10 Å². The normalized spacial score (nSPS) is 13.1. The summed E-state index contributed by atoms with van der Waals surface area (Å²) < 4.78 is 0. The Bertz CT molecular complexity index is 1090. The Morgan fingerprint density at radius 1 is 0.556 bits per heavy atom. The van der Waals surface area contributed by atoms with Gasteiger partial charge in [0.2, 0.25) is 0 Å². The highest BCUT2D eigenvalue weighted by Gasteiger charge is 2.20. The van der Waals surface area contributed by atoms with Crippen LogP contribution in [-0.4, -0.2) is 5.11 Å². The number of aliphatic hydroxyl groups excluding tert-OH is 1. The van der Waals surface area contributed by atoms with Crippen LogP contribution in [-0.2, 0) is 6.42 Å². The Balaban J connectivity index is 1.43. The number of hydrogen-bond acceptors (Lipinski definition) is 1. The van der Waals surface area contributed by atoms with Crippen LogP contribution in [0.3, 0.4) is 0 Å². The van der Waals surface area contributed by atoms with Crippen molar-refractivity contribution in [2.75, 3.05) is 0 Å². The van der Waals surface area contributed by atoms with Gasteiger partial charge in [-0.15, -0.1) is 0 Å². The van der Waals surface area contributed by atoms with Crippen molar-refractivity contribution >= 4 is 0 Å². The standard InChI is InChI=1S/C26H20O/c27-26(20-12-10-19(11-13-20)18-6-2-1-3-7-18)22-14-15-25-23(17-22)16-21-8-4-5-9-24(21)25/h1-15,17,26-27H,16H2/t26-/m1/s1. The third-order valence-electron chi connectivity index (χ3n) is 5.47. The van der Waals surface area contributed by atoms with Crippen LogP contribution in [0.25, 0.3) is 22.3 Å². The van der Waals surface area contributed by atoms with Crippen molar-refractivity contribution in [2.24, 2.45) is 0 Å². The molecular weight excluding hydrogens is 328 g/mol. The van der Waals surface area contributed by atoms with E-state index >= 15 is 0 Å². The third-order valence-corrected chi connectivity index (χ3v) is 5.47. The molecule has 0 amide bonds. The lowest BCUT2D eigenvalue weighted by Crippen LogP contribution is -2.00. The lowest BCUT2D eigenvalue weighted by Gasteiger charge is -2.14. The molecule has 4 aromatic rings. The molecule has 0 radical (unpaired) electrons. The molecule has 4 aromatic carbocycles. The van der Waals surface area contributed by atoms with E-state index in [0.717, 1.165) is 23.1 Å². The molecule has 0 saturated carbocycles. The highest BCUT2D eigenvalue weighted by molar-refractivity contribution is 5.77. The first kappa shape index (κ1) is 16.0. The second-order valence-electron chi connectivity index (χ2n) is 7.14. The van der Waals surface area contributed by atoms with Crippen molar-refractivity contribution in [3.8, 4) is 22.3 Å². The second kappa shape index (κ2) is 6.53. The van der Waals surface area contributed by atoms with Crippen molar-refractivity contribution in [2.45, 2.75) is 12.5 Å². The van der Waals surface area contributed by atoms with Gasteiger partial charge < -0.3 is 5.11 Å². The minimum atomic E-state index is -0.608. The van der Waals surface area contributed by atoms with Gasteiger partial charge in [0.05, 0.1) is 0 Å². The van der Waals surface area contributed by atoms with Crippen LogP contribution in [0.1, 0.15) is 28.4 Å². The summed E-state index contributed by atoms with van der Waals surface area (Å²) in [6.07, 6.45) is 0.336. The average Bonchev–Trinajstić information content (AvgIpc) is 3.12. The molecule has 1 aliphatic rings. The second-order valence-corrected chi connectivity index (χ2v) is 7.14. The molecule has 0 aromatic heterocycles. The molecule has 1 N–H and O–H groups in total. The van der Waals surface area contributed by atoms with Crippen molar-refractivity contribution in [1.82, 2.24) is 0 Å². The van der Waals surface area contributed by atoms with E-state index in [1.165, 1.54) is 27.8 Å². The summed E-state index contributed by atoms with van der Waals surface area (Å²) in [5.41, 5.74) is 9.51. The summed E-state index contributed by atoms with van der Waals surface area (Å²) in [6, 6.07) is 33.4. The van der Waals surface area contributed by atoms with Crippen LogP contribution in [0.5, 0.6) is 0 Å². The maximum atomic E-state index is 10.9. The molecular formula is C26H20O. The van der Waals surface area contributed by atoms with Gasteiger partial charge in [-0.05, 0) is 50.9 Å². The van der Waals surface area contributed by atoms with Crippen molar-refractivity contribution in [3.63, 3.8) is 0 Å². The largest absolute Gasteiger partial charge is 0.384 e. The number of benzene rings is 4. The number of rotatable bonds is 3. The first-order valence-corrected chi connectivity index (χ1v) is 9.34. The van der Waals surface area contributed by atoms with Crippen LogP contribution in [0, 0.1) is 0 Å². The minimum absolute atomic E-state index is 0.608. The lowest BCUT2D eigenvalue weighted by molar-refractivity contribution is 0.220. The van der Waals surface area contributed by atoms with Crippen molar-refractivity contribution < 1.29 is 5.11 Å². The maximum Gasteiger partial charge on any atom is 0.104 e. The van der Waals surface area contributed by atoms with Crippen molar-refractivity contribution in [3.05, 3.63) is 119 Å². The van der Waals surface area contributed by atoms with E-state index in [2.05, 4.69) is 66.7 Å². The lowest BCUT2D eigenvalue weighted by atomic mass is 9.95. The van der Waals surface area contributed by atoms with Gasteiger partial charge in [-0.2, -0.15) is 0 Å². The highest BCUT2D eigenvalue weighted by Crippen LogP contribution is 2.38. The van der Waals surface area contributed by atoms with Gasteiger partial charge in [0.25, 0.3) is 0 Å². The predicted molar refractivity (Wildman–Crippen MR) is 111 cm³/mol. The van der Waals surface area contributed by atoms with E-state index in [-0.39, 0.29) is 0 Å². The van der Waals surface area contributed by atoms with E-state index in [9.17, 15) is 5.11 Å². The SMILES string of the molecule is O[C@H](c1ccc(-c2ccccc2)cc1)c1ccc2c(c1)Cc1ccccc1-2. The fourth-order valence-electron chi connectivity index (χ4n) is 4.02. The molecule has 1 aliphatic carbocycles. The zero-order valence-corrected chi connectivity index (χ0v) is 15.0. The maximum absolute atomic E-state index is 10.9. The zero-order chi connectivity index (χ0) is 18.2.